The minimum Gasteiger partial charge on any atom is -0.278 e. The third kappa shape index (κ3) is 2.46. The molecule has 1 aromatic heterocycles. The Kier molecular flexibility index (Phi) is 2.98. The van der Waals surface area contributed by atoms with Gasteiger partial charge in [0.05, 0.1) is 16.8 Å². The van der Waals surface area contributed by atoms with Crippen molar-refractivity contribution in [3.63, 3.8) is 0 Å². The van der Waals surface area contributed by atoms with Crippen LogP contribution in [0.4, 0.5) is 5.69 Å². The maximum Gasteiger partial charge on any atom is 0.261 e. The van der Waals surface area contributed by atoms with Gasteiger partial charge in [0.2, 0.25) is 0 Å². The predicted molar refractivity (Wildman–Crippen MR) is 73.5 cm³/mol. The van der Waals surface area contributed by atoms with Crippen molar-refractivity contribution in [3.8, 4) is 0 Å². The molecule has 0 bridgehead atoms. The van der Waals surface area contributed by atoms with E-state index in [1.807, 2.05) is 6.07 Å². The van der Waals surface area contributed by atoms with E-state index >= 15 is 0 Å². The molecule has 1 aromatic carbocycles. The molecule has 98 valence electrons. The van der Waals surface area contributed by atoms with Crippen LogP contribution in [-0.2, 0) is 22.9 Å². The molecule has 1 aliphatic carbocycles. The Balaban J connectivity index is 1.92. The van der Waals surface area contributed by atoms with Gasteiger partial charge in [-0.2, -0.15) is 0 Å². The van der Waals surface area contributed by atoms with Crippen molar-refractivity contribution in [2.75, 3.05) is 4.72 Å². The SMILES string of the molecule is O=S(=O)(Nc1cccnc1)c1ccc2c(c1)CCC2. The Labute approximate surface area is 112 Å². The average molecular weight is 274 g/mol. The summed E-state index contributed by atoms with van der Waals surface area (Å²) in [6.07, 6.45) is 6.21. The Hall–Kier alpha value is -1.88. The first kappa shape index (κ1) is 12.2. The number of pyridine rings is 1. The van der Waals surface area contributed by atoms with E-state index in [4.69, 9.17) is 0 Å². The van der Waals surface area contributed by atoms with Crippen LogP contribution in [0.15, 0.2) is 47.6 Å². The number of nitrogens with one attached hydrogen (secondary N) is 1. The first-order chi connectivity index (χ1) is 9.15. The summed E-state index contributed by atoms with van der Waals surface area (Å²) in [5, 5.41) is 0. The van der Waals surface area contributed by atoms with Crippen molar-refractivity contribution < 1.29 is 8.42 Å². The normalized spacial score (nSPS) is 14.1. The number of aryl methyl sites for hydroxylation is 2. The van der Waals surface area contributed by atoms with Crippen molar-refractivity contribution in [1.82, 2.24) is 4.98 Å². The summed E-state index contributed by atoms with van der Waals surface area (Å²) in [5.74, 6) is 0. The zero-order valence-electron chi connectivity index (χ0n) is 10.3. The van der Waals surface area contributed by atoms with E-state index in [0.29, 0.717) is 10.6 Å². The Morgan fingerprint density at radius 1 is 1.11 bits per heavy atom. The molecule has 0 saturated heterocycles. The number of nitrogens with zero attached hydrogens (tertiary/aromatic N) is 1. The van der Waals surface area contributed by atoms with Gasteiger partial charge in [-0.25, -0.2) is 8.42 Å². The van der Waals surface area contributed by atoms with Crippen LogP contribution < -0.4 is 4.72 Å². The molecule has 5 heteroatoms. The van der Waals surface area contributed by atoms with Gasteiger partial charge < -0.3 is 0 Å². The number of hydrogen-bond acceptors (Lipinski definition) is 3. The molecule has 0 amide bonds. The number of aromatic nitrogens is 1. The second kappa shape index (κ2) is 4.66. The van der Waals surface area contributed by atoms with Crippen LogP contribution in [0.25, 0.3) is 0 Å². The molecule has 0 fully saturated rings. The zero-order chi connectivity index (χ0) is 13.3. The number of rotatable bonds is 3. The molecular weight excluding hydrogens is 260 g/mol. The average Bonchev–Trinajstić information content (AvgIpc) is 2.86. The third-order valence-corrected chi connectivity index (χ3v) is 4.67. The quantitative estimate of drug-likeness (QED) is 0.934. The molecule has 0 saturated carbocycles. The van der Waals surface area contributed by atoms with Crippen LogP contribution in [0.1, 0.15) is 17.5 Å². The van der Waals surface area contributed by atoms with Crippen molar-refractivity contribution in [3.05, 3.63) is 53.9 Å². The minimum absolute atomic E-state index is 0.317. The lowest BCUT2D eigenvalue weighted by molar-refractivity contribution is 0.601. The number of anilines is 1. The predicted octanol–water partition coefficient (Wildman–Crippen LogP) is 2.37. The Bertz CT molecular complexity index is 697. The molecule has 0 radical (unpaired) electrons. The van der Waals surface area contributed by atoms with E-state index in [0.717, 1.165) is 24.8 Å². The summed E-state index contributed by atoms with van der Waals surface area (Å²) >= 11 is 0. The van der Waals surface area contributed by atoms with Crippen LogP contribution >= 0.6 is 0 Å². The highest BCUT2D eigenvalue weighted by Gasteiger charge is 2.18. The van der Waals surface area contributed by atoms with E-state index in [1.54, 1.807) is 30.5 Å². The van der Waals surface area contributed by atoms with Gasteiger partial charge in [-0.3, -0.25) is 9.71 Å². The summed E-state index contributed by atoms with van der Waals surface area (Å²) in [4.78, 5) is 4.21. The highest BCUT2D eigenvalue weighted by molar-refractivity contribution is 7.92. The lowest BCUT2D eigenvalue weighted by Crippen LogP contribution is -2.13. The molecule has 19 heavy (non-hydrogen) atoms. The van der Waals surface area contributed by atoms with E-state index in [1.165, 1.54) is 11.8 Å². The Morgan fingerprint density at radius 2 is 1.95 bits per heavy atom. The Morgan fingerprint density at radius 3 is 2.74 bits per heavy atom. The van der Waals surface area contributed by atoms with Crippen LogP contribution in [-0.4, -0.2) is 13.4 Å². The molecule has 1 heterocycles. The molecule has 3 rings (SSSR count). The highest BCUT2D eigenvalue weighted by atomic mass is 32.2. The van der Waals surface area contributed by atoms with Crippen LogP contribution in [0.3, 0.4) is 0 Å². The third-order valence-electron chi connectivity index (χ3n) is 3.29. The zero-order valence-corrected chi connectivity index (χ0v) is 11.2. The van der Waals surface area contributed by atoms with Crippen molar-refractivity contribution >= 4 is 15.7 Å². The van der Waals surface area contributed by atoms with Gasteiger partial charge in [0.15, 0.2) is 0 Å². The van der Waals surface area contributed by atoms with Gasteiger partial charge in [0, 0.05) is 6.20 Å². The fraction of sp³-hybridized carbons (Fsp3) is 0.214. The second-order valence-corrected chi connectivity index (χ2v) is 6.31. The summed E-state index contributed by atoms with van der Waals surface area (Å²) in [7, 11) is -3.52. The molecule has 0 spiro atoms. The molecule has 4 nitrogen and oxygen atoms in total. The van der Waals surface area contributed by atoms with Crippen LogP contribution in [0, 0.1) is 0 Å². The summed E-state index contributed by atoms with van der Waals surface area (Å²) in [6, 6.07) is 8.74. The van der Waals surface area contributed by atoms with Crippen molar-refractivity contribution in [2.24, 2.45) is 0 Å². The smallest absolute Gasteiger partial charge is 0.261 e. The monoisotopic (exact) mass is 274 g/mol. The van der Waals surface area contributed by atoms with Gasteiger partial charge in [0.1, 0.15) is 0 Å². The van der Waals surface area contributed by atoms with Gasteiger partial charge >= 0.3 is 0 Å². The van der Waals surface area contributed by atoms with E-state index in [-0.39, 0.29) is 0 Å². The summed E-state index contributed by atoms with van der Waals surface area (Å²) in [5.41, 5.74) is 2.89. The standard InChI is InChI=1S/C14H14N2O2S/c17-19(18,16-13-5-2-8-15-10-13)14-7-6-11-3-1-4-12(11)9-14/h2,5-10,16H,1,3-4H2. The second-order valence-electron chi connectivity index (χ2n) is 4.63. The van der Waals surface area contributed by atoms with Gasteiger partial charge in [-0.1, -0.05) is 6.07 Å². The number of hydrogen-bond donors (Lipinski definition) is 1. The van der Waals surface area contributed by atoms with E-state index < -0.39 is 10.0 Å². The van der Waals surface area contributed by atoms with Gasteiger partial charge in [-0.15, -0.1) is 0 Å². The van der Waals surface area contributed by atoms with Crippen LogP contribution in [0.5, 0.6) is 0 Å². The van der Waals surface area contributed by atoms with Gasteiger partial charge in [0.25, 0.3) is 10.0 Å². The number of benzene rings is 1. The minimum atomic E-state index is -3.52. The maximum atomic E-state index is 12.3. The molecule has 1 aliphatic rings. The van der Waals surface area contributed by atoms with Crippen LogP contribution in [0.2, 0.25) is 0 Å². The van der Waals surface area contributed by atoms with E-state index in [2.05, 4.69) is 9.71 Å². The maximum absolute atomic E-state index is 12.3. The lowest BCUT2D eigenvalue weighted by Gasteiger charge is -2.09. The fourth-order valence-electron chi connectivity index (χ4n) is 2.35. The first-order valence-electron chi connectivity index (χ1n) is 6.20. The van der Waals surface area contributed by atoms with Gasteiger partial charge in [-0.05, 0) is 54.7 Å². The molecule has 0 atom stereocenters. The summed E-state index contributed by atoms with van der Waals surface area (Å²) < 4.78 is 27.1. The molecule has 1 N–H and O–H groups in total. The summed E-state index contributed by atoms with van der Waals surface area (Å²) in [6.45, 7) is 0. The molecule has 0 unspecified atom stereocenters. The van der Waals surface area contributed by atoms with Crippen molar-refractivity contribution in [1.29, 1.82) is 0 Å². The highest BCUT2D eigenvalue weighted by Crippen LogP contribution is 2.25. The molecule has 2 aromatic rings. The molecular formula is C14H14N2O2S. The molecule has 0 aliphatic heterocycles. The number of sulfonamides is 1. The lowest BCUT2D eigenvalue weighted by atomic mass is 10.1. The largest absolute Gasteiger partial charge is 0.278 e. The first-order valence-corrected chi connectivity index (χ1v) is 7.68. The van der Waals surface area contributed by atoms with E-state index in [9.17, 15) is 8.42 Å². The fourth-order valence-corrected chi connectivity index (χ4v) is 3.45. The van der Waals surface area contributed by atoms with Crippen molar-refractivity contribution in [2.45, 2.75) is 24.2 Å². The topological polar surface area (TPSA) is 59.1 Å². The number of fused-ring (bicyclic) bond motifs is 1.